The van der Waals surface area contributed by atoms with Crippen molar-refractivity contribution in [3.8, 4) is 0 Å². The van der Waals surface area contributed by atoms with E-state index in [0.717, 1.165) is 19.4 Å². The number of benzene rings is 1. The summed E-state index contributed by atoms with van der Waals surface area (Å²) < 4.78 is 58.9. The molecular weight excluding hydrogens is 476 g/mol. The van der Waals surface area contributed by atoms with Crippen molar-refractivity contribution in [1.29, 1.82) is 0 Å². The maximum atomic E-state index is 15.5. The summed E-state index contributed by atoms with van der Waals surface area (Å²) in [7, 11) is -2.66. The molecular formula is C25H30F3N4O2P. The van der Waals surface area contributed by atoms with Crippen molar-refractivity contribution in [3.05, 3.63) is 53.2 Å². The molecule has 35 heavy (non-hydrogen) atoms. The topological polar surface area (TPSA) is 88.0 Å². The number of nitrogens with zero attached hydrogens (tertiary/aromatic N) is 3. The molecule has 1 aliphatic rings. The zero-order valence-electron chi connectivity index (χ0n) is 20.4. The van der Waals surface area contributed by atoms with Gasteiger partial charge in [0, 0.05) is 10.9 Å². The second-order valence-electron chi connectivity index (χ2n) is 9.95. The number of hydrogen-bond donors (Lipinski definition) is 2. The summed E-state index contributed by atoms with van der Waals surface area (Å²) in [6, 6.07) is 4.72. The molecule has 6 nitrogen and oxygen atoms in total. The van der Waals surface area contributed by atoms with Crippen molar-refractivity contribution in [2.45, 2.75) is 57.6 Å². The zero-order chi connectivity index (χ0) is 25.8. The molecule has 0 radical (unpaired) electrons. The van der Waals surface area contributed by atoms with E-state index in [2.05, 4.69) is 20.3 Å². The molecule has 0 spiro atoms. The molecule has 1 aromatic carbocycles. The molecule has 1 aliphatic carbocycles. The van der Waals surface area contributed by atoms with E-state index in [4.69, 9.17) is 0 Å². The second-order valence-corrected chi connectivity index (χ2v) is 13.1. The summed E-state index contributed by atoms with van der Waals surface area (Å²) in [5.41, 5.74) is -2.24. The monoisotopic (exact) mass is 506 g/mol. The molecule has 0 bridgehead atoms. The van der Waals surface area contributed by atoms with Gasteiger partial charge in [0.2, 0.25) is 0 Å². The van der Waals surface area contributed by atoms with Crippen molar-refractivity contribution in [1.82, 2.24) is 15.0 Å². The van der Waals surface area contributed by atoms with Crippen molar-refractivity contribution in [2.24, 2.45) is 5.92 Å². The fourth-order valence-electron chi connectivity index (χ4n) is 4.45. The molecule has 2 heterocycles. The fourth-order valence-corrected chi connectivity index (χ4v) is 5.23. The molecule has 0 saturated heterocycles. The molecule has 188 valence electrons. The minimum Gasteiger partial charge on any atom is -0.383 e. The van der Waals surface area contributed by atoms with Gasteiger partial charge in [-0.2, -0.15) is 8.78 Å². The van der Waals surface area contributed by atoms with E-state index in [9.17, 15) is 9.67 Å². The Hall–Kier alpha value is -2.51. The largest absolute Gasteiger partial charge is 0.383 e. The number of fused-ring (bicyclic) bond motifs is 1. The zero-order valence-corrected chi connectivity index (χ0v) is 21.3. The van der Waals surface area contributed by atoms with Crippen LogP contribution in [0, 0.1) is 18.7 Å². The molecule has 2 N–H and O–H groups in total. The van der Waals surface area contributed by atoms with Crippen LogP contribution in [0.15, 0.2) is 30.5 Å². The van der Waals surface area contributed by atoms with Gasteiger partial charge in [-0.1, -0.05) is 18.6 Å². The highest BCUT2D eigenvalue weighted by atomic mass is 31.2. The number of rotatable bonds is 7. The van der Waals surface area contributed by atoms with Crippen molar-refractivity contribution in [3.63, 3.8) is 0 Å². The van der Waals surface area contributed by atoms with Crippen molar-refractivity contribution >= 4 is 29.3 Å². The van der Waals surface area contributed by atoms with Crippen LogP contribution >= 0.6 is 7.14 Å². The van der Waals surface area contributed by atoms with Gasteiger partial charge in [0.15, 0.2) is 0 Å². The molecule has 2 atom stereocenters. The van der Waals surface area contributed by atoms with E-state index in [1.807, 2.05) is 0 Å². The van der Waals surface area contributed by atoms with E-state index in [1.165, 1.54) is 18.3 Å². The van der Waals surface area contributed by atoms with Crippen LogP contribution in [0.4, 0.5) is 19.0 Å². The Labute approximate surface area is 202 Å². The normalized spacial score (nSPS) is 17.6. The van der Waals surface area contributed by atoms with Gasteiger partial charge in [0.25, 0.3) is 0 Å². The first-order valence-corrected chi connectivity index (χ1v) is 14.2. The highest BCUT2D eigenvalue weighted by Gasteiger charge is 2.57. The Morgan fingerprint density at radius 2 is 1.91 bits per heavy atom. The Bertz CT molecular complexity index is 1320. The highest BCUT2D eigenvalue weighted by molar-refractivity contribution is 7.69. The number of hydrogen-bond acceptors (Lipinski definition) is 6. The van der Waals surface area contributed by atoms with Crippen LogP contribution in [-0.4, -0.2) is 39.0 Å². The number of aromatic nitrogens is 3. The third kappa shape index (κ3) is 4.56. The predicted molar refractivity (Wildman–Crippen MR) is 131 cm³/mol. The van der Waals surface area contributed by atoms with Gasteiger partial charge >= 0.3 is 5.92 Å². The lowest BCUT2D eigenvalue weighted by atomic mass is 9.69. The molecule has 3 aromatic rings. The summed E-state index contributed by atoms with van der Waals surface area (Å²) in [5, 5.41) is 14.3. The molecule has 2 aromatic heterocycles. The van der Waals surface area contributed by atoms with Gasteiger partial charge in [-0.3, -0.25) is 4.98 Å². The van der Waals surface area contributed by atoms with Crippen LogP contribution < -0.4 is 10.8 Å². The van der Waals surface area contributed by atoms with E-state index < -0.39 is 42.0 Å². The van der Waals surface area contributed by atoms with Gasteiger partial charge < -0.3 is 15.0 Å². The fraction of sp³-hybridized carbons (Fsp3) is 0.480. The van der Waals surface area contributed by atoms with Gasteiger partial charge in [-0.25, -0.2) is 14.4 Å². The number of halogens is 3. The third-order valence-electron chi connectivity index (χ3n) is 6.95. The van der Waals surface area contributed by atoms with Gasteiger partial charge in [-0.15, -0.1) is 0 Å². The van der Waals surface area contributed by atoms with Crippen LogP contribution in [0.1, 0.15) is 56.1 Å². The van der Waals surface area contributed by atoms with Gasteiger partial charge in [-0.05, 0) is 65.0 Å². The molecule has 1 fully saturated rings. The smallest absolute Gasteiger partial charge is 0.304 e. The van der Waals surface area contributed by atoms with Crippen molar-refractivity contribution < 1.29 is 22.8 Å². The van der Waals surface area contributed by atoms with Crippen LogP contribution in [0.25, 0.3) is 10.9 Å². The van der Waals surface area contributed by atoms with Crippen molar-refractivity contribution in [2.75, 3.05) is 18.6 Å². The third-order valence-corrected chi connectivity index (χ3v) is 8.30. The number of nitrogens with one attached hydrogen (secondary N) is 1. The summed E-state index contributed by atoms with van der Waals surface area (Å²) >= 11 is 0. The number of anilines is 1. The summed E-state index contributed by atoms with van der Waals surface area (Å²) in [6.07, 6.45) is 3.26. The number of pyridine rings is 1. The first-order chi connectivity index (χ1) is 16.2. The van der Waals surface area contributed by atoms with E-state index in [1.54, 1.807) is 33.2 Å². The predicted octanol–water partition coefficient (Wildman–Crippen LogP) is 5.54. The lowest BCUT2D eigenvalue weighted by Crippen LogP contribution is -2.52. The lowest BCUT2D eigenvalue weighted by Gasteiger charge is -2.43. The van der Waals surface area contributed by atoms with Gasteiger partial charge in [0.1, 0.15) is 35.6 Å². The Morgan fingerprint density at radius 1 is 1.23 bits per heavy atom. The Balaban J connectivity index is 1.72. The highest BCUT2D eigenvalue weighted by Crippen LogP contribution is 2.50. The molecule has 1 saturated carbocycles. The van der Waals surface area contributed by atoms with E-state index in [-0.39, 0.29) is 5.56 Å². The standard InChI is InChI=1S/C25H30F3N4O2P/c1-14(30-23-18-12-21(35(4,5)34)29-13-20(18)31-15(2)32-23)17-10-7-11-19(22(17)26)25(27,28)24(3,33)16-8-6-9-16/h7,10-14,16,33H,6,8-9H2,1-5H3,(H,30,31,32)/t14-,24-/m1/s1. The van der Waals surface area contributed by atoms with Crippen LogP contribution in [0.3, 0.4) is 0 Å². The second kappa shape index (κ2) is 8.86. The Morgan fingerprint density at radius 3 is 2.51 bits per heavy atom. The number of aliphatic hydroxyl groups is 1. The van der Waals surface area contributed by atoms with E-state index >= 15 is 13.2 Å². The first kappa shape index (κ1) is 25.6. The molecule has 4 rings (SSSR count). The quantitative estimate of drug-likeness (QED) is 0.410. The molecule has 0 aliphatic heterocycles. The minimum absolute atomic E-state index is 0.0157. The average molecular weight is 507 g/mol. The maximum absolute atomic E-state index is 15.5. The SMILES string of the molecule is Cc1nc(N[C@H](C)c2cccc(C(F)(F)[C@](C)(O)C3CCC3)c2F)c2cc(P(C)(C)=O)ncc2n1. The van der Waals surface area contributed by atoms with E-state index in [0.29, 0.717) is 40.8 Å². The lowest BCUT2D eigenvalue weighted by molar-refractivity contribution is -0.218. The first-order valence-electron chi connectivity index (χ1n) is 11.6. The molecule has 0 amide bonds. The Kier molecular flexibility index (Phi) is 6.47. The molecule has 0 unspecified atom stereocenters. The average Bonchev–Trinajstić information content (AvgIpc) is 2.70. The van der Waals surface area contributed by atoms with Crippen LogP contribution in [0.5, 0.6) is 0 Å². The number of alkyl halides is 2. The number of aryl methyl sites for hydroxylation is 1. The summed E-state index contributed by atoms with van der Waals surface area (Å²) in [6.45, 7) is 7.63. The van der Waals surface area contributed by atoms with Crippen LogP contribution in [-0.2, 0) is 10.5 Å². The maximum Gasteiger partial charge on any atom is 0.304 e. The van der Waals surface area contributed by atoms with Crippen LogP contribution in [0.2, 0.25) is 0 Å². The summed E-state index contributed by atoms with van der Waals surface area (Å²) in [5.74, 6) is -4.62. The molecule has 10 heteroatoms. The summed E-state index contributed by atoms with van der Waals surface area (Å²) in [4.78, 5) is 13.0. The minimum atomic E-state index is -3.76. The van der Waals surface area contributed by atoms with Gasteiger partial charge in [0.05, 0.1) is 23.3 Å².